The highest BCUT2D eigenvalue weighted by atomic mass is 35.5. The van der Waals surface area contributed by atoms with Gasteiger partial charge in [-0.25, -0.2) is 13.1 Å². The van der Waals surface area contributed by atoms with E-state index in [2.05, 4.69) is 4.72 Å². The average molecular weight is 335 g/mol. The van der Waals surface area contributed by atoms with E-state index in [-0.39, 0.29) is 22.2 Å². The topological polar surface area (TPSA) is 98.5 Å². The van der Waals surface area contributed by atoms with Gasteiger partial charge in [0.2, 0.25) is 10.0 Å². The van der Waals surface area contributed by atoms with Crippen molar-refractivity contribution in [3.05, 3.63) is 33.3 Å². The molecule has 9 heteroatoms. The third kappa shape index (κ3) is 3.70. The Morgan fingerprint density at radius 2 is 2.24 bits per heavy atom. The Kier molecular flexibility index (Phi) is 4.52. The zero-order valence-corrected chi connectivity index (χ0v) is 12.9. The molecular formula is C12H15ClN2O5S. The fraction of sp³-hybridized carbons (Fsp3) is 0.500. The summed E-state index contributed by atoms with van der Waals surface area (Å²) in [5, 5.41) is 10.7. The van der Waals surface area contributed by atoms with E-state index in [9.17, 15) is 18.5 Å². The smallest absolute Gasteiger partial charge is 0.270 e. The van der Waals surface area contributed by atoms with Crippen molar-refractivity contribution >= 4 is 27.3 Å². The molecule has 1 aliphatic rings. The molecule has 0 amide bonds. The zero-order chi connectivity index (χ0) is 15.7. The third-order valence-corrected chi connectivity index (χ3v) is 5.23. The molecule has 1 saturated heterocycles. The summed E-state index contributed by atoms with van der Waals surface area (Å²) in [4.78, 5) is 9.76. The molecule has 1 aromatic rings. The lowest BCUT2D eigenvalue weighted by atomic mass is 10.0. The van der Waals surface area contributed by atoms with E-state index in [1.165, 1.54) is 6.07 Å². The number of ether oxygens (including phenoxy) is 1. The Hall–Kier alpha value is -1.22. The van der Waals surface area contributed by atoms with Gasteiger partial charge in [0.05, 0.1) is 15.5 Å². The molecule has 1 aliphatic heterocycles. The summed E-state index contributed by atoms with van der Waals surface area (Å²) in [6.45, 7) is 2.50. The van der Waals surface area contributed by atoms with Gasteiger partial charge in [0.15, 0.2) is 0 Å². The fourth-order valence-corrected chi connectivity index (χ4v) is 3.79. The van der Waals surface area contributed by atoms with E-state index in [0.29, 0.717) is 6.61 Å². The van der Waals surface area contributed by atoms with Gasteiger partial charge >= 0.3 is 0 Å². The minimum atomic E-state index is -3.94. The second kappa shape index (κ2) is 5.88. The highest BCUT2D eigenvalue weighted by Crippen LogP contribution is 2.28. The molecule has 0 spiro atoms. The lowest BCUT2D eigenvalue weighted by molar-refractivity contribution is -0.385. The first-order valence-corrected chi connectivity index (χ1v) is 8.17. The van der Waals surface area contributed by atoms with Crippen LogP contribution in [-0.2, 0) is 14.8 Å². The van der Waals surface area contributed by atoms with E-state index in [1.54, 1.807) is 0 Å². The first-order valence-electron chi connectivity index (χ1n) is 6.31. The predicted octanol–water partition coefficient (Wildman–Crippen LogP) is 2.10. The summed E-state index contributed by atoms with van der Waals surface area (Å²) < 4.78 is 32.4. The Balaban J connectivity index is 2.23. The number of nitro groups is 1. The summed E-state index contributed by atoms with van der Waals surface area (Å²) in [7, 11) is -3.94. The van der Waals surface area contributed by atoms with Crippen molar-refractivity contribution < 1.29 is 18.1 Å². The molecule has 1 fully saturated rings. The van der Waals surface area contributed by atoms with Crippen LogP contribution in [-0.4, -0.2) is 32.1 Å². The van der Waals surface area contributed by atoms with E-state index >= 15 is 0 Å². The number of hydrogen-bond donors (Lipinski definition) is 1. The van der Waals surface area contributed by atoms with Crippen molar-refractivity contribution in [1.82, 2.24) is 4.72 Å². The van der Waals surface area contributed by atoms with Gasteiger partial charge in [0.25, 0.3) is 5.69 Å². The fourth-order valence-electron chi connectivity index (χ4n) is 2.11. The monoisotopic (exact) mass is 334 g/mol. The van der Waals surface area contributed by atoms with Crippen LogP contribution in [0, 0.1) is 10.1 Å². The number of nitro benzene ring substituents is 1. The molecule has 1 heterocycles. The molecule has 21 heavy (non-hydrogen) atoms. The van der Waals surface area contributed by atoms with Crippen LogP contribution in [0.3, 0.4) is 0 Å². The third-order valence-electron chi connectivity index (χ3n) is 3.35. The van der Waals surface area contributed by atoms with Crippen LogP contribution in [0.2, 0.25) is 5.02 Å². The lowest BCUT2D eigenvalue weighted by Crippen LogP contribution is -2.40. The van der Waals surface area contributed by atoms with Gasteiger partial charge in [-0.15, -0.1) is 0 Å². The standard InChI is InChI=1S/C12H15ClN2O5S/c1-12(5-2-6-20-12)8-14-21(18,19)11-7-9(15(16)17)3-4-10(11)13/h3-4,7,14H,2,5-6,8H2,1H3. The summed E-state index contributed by atoms with van der Waals surface area (Å²) >= 11 is 5.84. The van der Waals surface area contributed by atoms with Crippen molar-refractivity contribution in [2.24, 2.45) is 0 Å². The van der Waals surface area contributed by atoms with Crippen LogP contribution >= 0.6 is 11.6 Å². The number of halogens is 1. The number of nitrogens with one attached hydrogen (secondary N) is 1. The molecule has 1 atom stereocenters. The SMILES string of the molecule is CC1(CNS(=O)(=O)c2cc([N+](=O)[O-])ccc2Cl)CCCO1. The van der Waals surface area contributed by atoms with Gasteiger partial charge in [-0.05, 0) is 25.8 Å². The second-order valence-corrected chi connectivity index (χ2v) is 7.24. The molecule has 2 rings (SSSR count). The van der Waals surface area contributed by atoms with E-state index in [1.807, 2.05) is 6.92 Å². The second-order valence-electron chi connectivity index (χ2n) is 5.10. The molecule has 1 aromatic carbocycles. The quantitative estimate of drug-likeness (QED) is 0.656. The van der Waals surface area contributed by atoms with Crippen LogP contribution in [0.25, 0.3) is 0 Å². The maximum Gasteiger partial charge on any atom is 0.270 e. The van der Waals surface area contributed by atoms with E-state index < -0.39 is 20.5 Å². The normalized spacial score (nSPS) is 22.4. The summed E-state index contributed by atoms with van der Waals surface area (Å²) in [5.41, 5.74) is -0.886. The maximum atomic E-state index is 12.3. The van der Waals surface area contributed by atoms with Crippen molar-refractivity contribution in [1.29, 1.82) is 0 Å². The zero-order valence-electron chi connectivity index (χ0n) is 11.3. The molecule has 7 nitrogen and oxygen atoms in total. The summed E-state index contributed by atoms with van der Waals surface area (Å²) in [6, 6.07) is 3.30. The van der Waals surface area contributed by atoms with E-state index in [4.69, 9.17) is 16.3 Å². The predicted molar refractivity (Wildman–Crippen MR) is 76.9 cm³/mol. The van der Waals surface area contributed by atoms with Gasteiger partial charge in [-0.3, -0.25) is 10.1 Å². The van der Waals surface area contributed by atoms with Crippen molar-refractivity contribution in [3.8, 4) is 0 Å². The highest BCUT2D eigenvalue weighted by Gasteiger charge is 2.32. The number of non-ortho nitro benzene ring substituents is 1. The van der Waals surface area contributed by atoms with E-state index in [0.717, 1.165) is 25.0 Å². The van der Waals surface area contributed by atoms with Crippen LogP contribution in [0.1, 0.15) is 19.8 Å². The molecule has 1 N–H and O–H groups in total. The van der Waals surface area contributed by atoms with Crippen LogP contribution in [0.15, 0.2) is 23.1 Å². The Bertz CT molecular complexity index is 656. The Morgan fingerprint density at radius 1 is 1.52 bits per heavy atom. The molecule has 0 aromatic heterocycles. The number of benzene rings is 1. The Morgan fingerprint density at radius 3 is 2.81 bits per heavy atom. The molecule has 1 unspecified atom stereocenters. The van der Waals surface area contributed by atoms with Crippen molar-refractivity contribution in [2.75, 3.05) is 13.2 Å². The number of sulfonamides is 1. The molecule has 0 aliphatic carbocycles. The number of hydrogen-bond acceptors (Lipinski definition) is 5. The molecular weight excluding hydrogens is 320 g/mol. The lowest BCUT2D eigenvalue weighted by Gasteiger charge is -2.23. The van der Waals surface area contributed by atoms with Gasteiger partial charge in [0.1, 0.15) is 4.90 Å². The first-order chi connectivity index (χ1) is 9.73. The van der Waals surface area contributed by atoms with Gasteiger partial charge in [-0.1, -0.05) is 11.6 Å². The molecule has 0 bridgehead atoms. The average Bonchev–Trinajstić information content (AvgIpc) is 2.84. The Labute approximate surface area is 127 Å². The molecule has 116 valence electrons. The highest BCUT2D eigenvalue weighted by molar-refractivity contribution is 7.89. The molecule has 0 radical (unpaired) electrons. The first kappa shape index (κ1) is 16.2. The number of rotatable bonds is 5. The van der Waals surface area contributed by atoms with Crippen LogP contribution in [0.4, 0.5) is 5.69 Å². The van der Waals surface area contributed by atoms with Crippen molar-refractivity contribution in [2.45, 2.75) is 30.3 Å². The van der Waals surface area contributed by atoms with Crippen LogP contribution in [0.5, 0.6) is 0 Å². The largest absolute Gasteiger partial charge is 0.374 e. The number of nitrogens with zero attached hydrogens (tertiary/aromatic N) is 1. The molecule has 0 saturated carbocycles. The van der Waals surface area contributed by atoms with Crippen LogP contribution < -0.4 is 4.72 Å². The minimum absolute atomic E-state index is 0.0643. The van der Waals surface area contributed by atoms with Crippen molar-refractivity contribution in [3.63, 3.8) is 0 Å². The van der Waals surface area contributed by atoms with Gasteiger partial charge in [-0.2, -0.15) is 0 Å². The van der Waals surface area contributed by atoms with Gasteiger partial charge < -0.3 is 4.74 Å². The minimum Gasteiger partial charge on any atom is -0.374 e. The maximum absolute atomic E-state index is 12.3. The van der Waals surface area contributed by atoms with Gasteiger partial charge in [0, 0.05) is 25.3 Å². The summed E-state index contributed by atoms with van der Waals surface area (Å²) in [6.07, 6.45) is 1.62. The summed E-state index contributed by atoms with van der Waals surface area (Å²) in [5.74, 6) is 0.